The Morgan fingerprint density at radius 2 is 2.22 bits per heavy atom. The van der Waals surface area contributed by atoms with E-state index in [4.69, 9.17) is 11.6 Å². The lowest BCUT2D eigenvalue weighted by Gasteiger charge is -1.83. The van der Waals surface area contributed by atoms with E-state index in [-0.39, 0.29) is 15.2 Å². The van der Waals surface area contributed by atoms with E-state index in [1.54, 1.807) is 0 Å². The van der Waals surface area contributed by atoms with Crippen molar-refractivity contribution in [3.05, 3.63) is 20.0 Å². The van der Waals surface area contributed by atoms with E-state index in [2.05, 4.69) is 24.7 Å². The summed E-state index contributed by atoms with van der Waals surface area (Å²) >= 11 is 9.13. The Balaban J connectivity index is 3.43. The van der Waals surface area contributed by atoms with Crippen molar-refractivity contribution in [1.29, 1.82) is 0 Å². The molecule has 0 spiro atoms. The summed E-state index contributed by atoms with van der Waals surface area (Å²) in [5.41, 5.74) is -0.365. The van der Waals surface area contributed by atoms with Crippen LogP contribution in [0, 0.1) is 0 Å². The van der Waals surface area contributed by atoms with Gasteiger partial charge in [0.1, 0.15) is 0 Å². The molecule has 3 nitrogen and oxygen atoms in total. The van der Waals surface area contributed by atoms with Gasteiger partial charge in [0.05, 0.1) is 11.7 Å². The molecule has 0 aromatic carbocycles. The molecule has 1 heterocycles. The van der Waals surface area contributed by atoms with Gasteiger partial charge in [0.2, 0.25) is 0 Å². The highest BCUT2D eigenvalue weighted by Gasteiger charge is 2.00. The van der Waals surface area contributed by atoms with Crippen molar-refractivity contribution in [2.24, 2.45) is 0 Å². The maximum Gasteiger partial charge on any atom is 0.250 e. The van der Waals surface area contributed by atoms with Crippen LogP contribution in [0.1, 0.15) is 0 Å². The first-order valence-corrected chi connectivity index (χ1v) is 3.80. The van der Waals surface area contributed by atoms with Gasteiger partial charge >= 0.3 is 0 Å². The second-order valence-corrected chi connectivity index (χ2v) is 2.81. The quantitative estimate of drug-likeness (QED) is 0.671. The molecule has 9 heavy (non-hydrogen) atoms. The van der Waals surface area contributed by atoms with E-state index < -0.39 is 0 Å². The fraction of sp³-hybridized carbons (Fsp3) is 0. The molecule has 48 valence electrons. The summed E-state index contributed by atoms with van der Waals surface area (Å²) in [5, 5.41) is -0.0399. The highest BCUT2D eigenvalue weighted by atomic mass is 79.9. The zero-order valence-electron chi connectivity index (χ0n) is 3.97. The van der Waals surface area contributed by atoms with Crippen LogP contribution in [0.25, 0.3) is 0 Å². The van der Waals surface area contributed by atoms with Gasteiger partial charge in [0, 0.05) is 0 Å². The van der Waals surface area contributed by atoms with Crippen LogP contribution in [0.5, 0.6) is 0 Å². The Morgan fingerprint density at radius 1 is 1.56 bits per heavy atom. The molecule has 0 fully saturated rings. The zero-order chi connectivity index (χ0) is 6.85. The molecule has 0 aliphatic heterocycles. The molecule has 0 atom stereocenters. The van der Waals surface area contributed by atoms with E-state index >= 15 is 0 Å². The number of nitrogens with zero attached hydrogens (tertiary/aromatic N) is 2. The van der Waals surface area contributed by atoms with Gasteiger partial charge in [-0.3, -0.25) is 4.79 Å². The van der Waals surface area contributed by atoms with Crippen LogP contribution in [0.4, 0.5) is 0 Å². The first-order chi connectivity index (χ1) is 4.22. The highest BCUT2D eigenvalue weighted by molar-refractivity contribution is 9.10. The van der Waals surface area contributed by atoms with Crippen LogP contribution in [-0.4, -0.2) is 8.75 Å². The molecule has 0 radical (unpaired) electrons. The summed E-state index contributed by atoms with van der Waals surface area (Å²) in [6.07, 6.45) is 0. The fourth-order valence-electron chi connectivity index (χ4n) is 0.260. The smallest absolute Gasteiger partial charge is 0.250 e. The number of halogens is 2. The number of hydrogen-bond acceptors (Lipinski definition) is 4. The maximum atomic E-state index is 10.7. The monoisotopic (exact) mass is 226 g/mol. The van der Waals surface area contributed by atoms with Crippen molar-refractivity contribution in [3.8, 4) is 0 Å². The van der Waals surface area contributed by atoms with E-state index in [0.717, 1.165) is 11.7 Å². The van der Waals surface area contributed by atoms with Crippen molar-refractivity contribution >= 4 is 39.3 Å². The fourth-order valence-corrected chi connectivity index (χ4v) is 1.29. The van der Waals surface area contributed by atoms with Gasteiger partial charge < -0.3 is 0 Å². The van der Waals surface area contributed by atoms with Gasteiger partial charge in [-0.2, -0.15) is 8.75 Å². The molecule has 1 aromatic rings. The molecule has 1 rings (SSSR count). The second-order valence-electron chi connectivity index (χ2n) is 1.17. The van der Waals surface area contributed by atoms with Gasteiger partial charge in [0.15, 0.2) is 9.76 Å². The van der Waals surface area contributed by atoms with Crippen molar-refractivity contribution in [3.63, 3.8) is 0 Å². The van der Waals surface area contributed by atoms with Crippen LogP contribution in [-0.2, 0) is 0 Å². The Morgan fingerprint density at radius 3 is 2.67 bits per heavy atom. The minimum Gasteiger partial charge on any atom is -0.283 e. The van der Waals surface area contributed by atoms with E-state index in [1.807, 2.05) is 0 Å². The van der Waals surface area contributed by atoms with Gasteiger partial charge in [-0.05, 0) is 15.9 Å². The van der Waals surface area contributed by atoms with E-state index in [0.29, 0.717) is 0 Å². The van der Waals surface area contributed by atoms with Gasteiger partial charge in [-0.1, -0.05) is 11.6 Å². The summed E-state index contributed by atoms with van der Waals surface area (Å²) in [4.78, 5) is 10.7. The maximum absolute atomic E-state index is 10.7. The van der Waals surface area contributed by atoms with Gasteiger partial charge in [-0.15, -0.1) is 0 Å². The first-order valence-electron chi connectivity index (χ1n) is 1.89. The standard InChI is InChI=1S/C3BrClN2OS/c4-2-1(8)3(5)7-9-6-2. The third-order valence-electron chi connectivity index (χ3n) is 0.617. The van der Waals surface area contributed by atoms with E-state index in [1.165, 1.54) is 0 Å². The van der Waals surface area contributed by atoms with Crippen LogP contribution in [0.2, 0.25) is 5.15 Å². The third-order valence-corrected chi connectivity index (χ3v) is 2.27. The largest absolute Gasteiger partial charge is 0.283 e. The van der Waals surface area contributed by atoms with Crippen LogP contribution < -0.4 is 5.43 Å². The van der Waals surface area contributed by atoms with Crippen LogP contribution >= 0.6 is 39.3 Å². The summed E-state index contributed by atoms with van der Waals surface area (Å²) in [6, 6.07) is 0. The minimum absolute atomic E-state index is 0.0399. The number of rotatable bonds is 0. The lowest BCUT2D eigenvalue weighted by Crippen LogP contribution is -2.03. The molecule has 1 aromatic heterocycles. The third kappa shape index (κ3) is 1.47. The average molecular weight is 227 g/mol. The molecule has 0 bridgehead atoms. The molecule has 0 saturated heterocycles. The zero-order valence-corrected chi connectivity index (χ0v) is 7.13. The lowest BCUT2D eigenvalue weighted by atomic mass is 10.7. The van der Waals surface area contributed by atoms with Gasteiger partial charge in [0.25, 0.3) is 5.43 Å². The Kier molecular flexibility index (Phi) is 2.15. The predicted octanol–water partition coefficient (Wildman–Crippen LogP) is 1.31. The second kappa shape index (κ2) is 2.72. The molecule has 0 N–H and O–H groups in total. The Bertz CT molecular complexity index is 252. The lowest BCUT2D eigenvalue weighted by molar-refractivity contribution is 1.30. The number of aromatic nitrogens is 2. The molecule has 0 aliphatic rings. The van der Waals surface area contributed by atoms with E-state index in [9.17, 15) is 4.79 Å². The highest BCUT2D eigenvalue weighted by Crippen LogP contribution is 2.03. The first kappa shape index (κ1) is 7.11. The van der Waals surface area contributed by atoms with Crippen molar-refractivity contribution in [2.75, 3.05) is 0 Å². The van der Waals surface area contributed by atoms with Crippen molar-refractivity contribution in [2.45, 2.75) is 0 Å². The molecule has 6 heteroatoms. The minimum atomic E-state index is -0.365. The predicted molar refractivity (Wildman–Crippen MR) is 38.9 cm³/mol. The van der Waals surface area contributed by atoms with Gasteiger partial charge in [-0.25, -0.2) is 0 Å². The molecule has 0 aliphatic carbocycles. The summed E-state index contributed by atoms with van der Waals surface area (Å²) < 4.78 is 7.30. The Hall–Kier alpha value is -0.000000000000000111. The van der Waals surface area contributed by atoms with Crippen molar-refractivity contribution < 1.29 is 0 Å². The topological polar surface area (TPSA) is 42.9 Å². The SMILES string of the molecule is O=c1c(Cl)nsnc1Br. The Labute approximate surface area is 68.1 Å². The molecule has 0 amide bonds. The summed E-state index contributed by atoms with van der Waals surface area (Å²) in [5.74, 6) is 0. The summed E-state index contributed by atoms with van der Waals surface area (Å²) in [6.45, 7) is 0. The summed E-state index contributed by atoms with van der Waals surface area (Å²) in [7, 11) is 0. The molecule has 0 unspecified atom stereocenters. The average Bonchev–Trinajstić information content (AvgIpc) is 1.83. The van der Waals surface area contributed by atoms with Crippen molar-refractivity contribution in [1.82, 2.24) is 8.75 Å². The normalized spacial score (nSPS) is 9.56. The molecule has 0 saturated carbocycles. The van der Waals surface area contributed by atoms with Crippen LogP contribution in [0.15, 0.2) is 9.40 Å². The van der Waals surface area contributed by atoms with Crippen LogP contribution in [0.3, 0.4) is 0 Å². The molecular weight excluding hydrogens is 227 g/mol. The molecular formula is C3BrClN2OS. The number of hydrogen-bond donors (Lipinski definition) is 0.